The van der Waals surface area contributed by atoms with Crippen molar-refractivity contribution in [2.24, 2.45) is 0 Å². The zero-order valence-electron chi connectivity index (χ0n) is 15.8. The van der Waals surface area contributed by atoms with Crippen molar-refractivity contribution in [3.05, 3.63) is 66.2 Å². The average Bonchev–Trinajstić information content (AvgIpc) is 3.29. The molecule has 1 N–H and O–H groups in total. The quantitative estimate of drug-likeness (QED) is 0.591. The molecule has 27 heavy (non-hydrogen) atoms. The Morgan fingerprint density at radius 2 is 1.81 bits per heavy atom. The Bertz CT molecular complexity index is 1040. The minimum Gasteiger partial charge on any atom is -0.368 e. The van der Waals surface area contributed by atoms with E-state index in [0.29, 0.717) is 0 Å². The highest BCUT2D eigenvalue weighted by molar-refractivity contribution is 5.44. The molecule has 138 valence electrons. The van der Waals surface area contributed by atoms with Crippen molar-refractivity contribution in [1.29, 1.82) is 0 Å². The number of hydrogen-bond acceptors (Lipinski definition) is 5. The Morgan fingerprint density at radius 3 is 2.59 bits per heavy atom. The van der Waals surface area contributed by atoms with Crippen molar-refractivity contribution in [2.75, 3.05) is 11.9 Å². The van der Waals surface area contributed by atoms with Crippen LogP contribution in [-0.4, -0.2) is 36.1 Å². The van der Waals surface area contributed by atoms with Crippen LogP contribution >= 0.6 is 0 Å². The Hall–Kier alpha value is -3.22. The number of anilines is 1. The van der Waals surface area contributed by atoms with E-state index in [1.807, 2.05) is 57.9 Å². The first-order chi connectivity index (χ1) is 13.0. The number of para-hydroxylation sites is 1. The van der Waals surface area contributed by atoms with E-state index in [1.165, 1.54) is 5.56 Å². The minimum absolute atomic E-state index is 0.114. The molecule has 3 aromatic heterocycles. The maximum Gasteiger partial charge on any atom is 0.178 e. The largest absolute Gasteiger partial charge is 0.368 e. The van der Waals surface area contributed by atoms with Crippen molar-refractivity contribution in [1.82, 2.24) is 29.6 Å². The van der Waals surface area contributed by atoms with Crippen molar-refractivity contribution in [3.8, 4) is 5.69 Å². The van der Waals surface area contributed by atoms with Crippen molar-refractivity contribution < 1.29 is 0 Å². The van der Waals surface area contributed by atoms with Gasteiger partial charge in [0, 0.05) is 18.2 Å². The van der Waals surface area contributed by atoms with Gasteiger partial charge in [0.25, 0.3) is 0 Å². The Balaban J connectivity index is 1.43. The second-order valence-corrected chi connectivity index (χ2v) is 7.57. The normalized spacial score (nSPS) is 11.8. The molecule has 0 atom stereocenters. The average molecular weight is 361 g/mol. The third kappa shape index (κ3) is 3.67. The third-order valence-electron chi connectivity index (χ3n) is 4.31. The van der Waals surface area contributed by atoms with E-state index in [0.717, 1.165) is 35.9 Å². The summed E-state index contributed by atoms with van der Waals surface area (Å²) in [4.78, 5) is 0. The van der Waals surface area contributed by atoms with Gasteiger partial charge in [-0.15, -0.1) is 15.3 Å². The summed E-state index contributed by atoms with van der Waals surface area (Å²) in [6.07, 6.45) is 4.83. The molecule has 1 aromatic carbocycles. The molecule has 3 heterocycles. The van der Waals surface area contributed by atoms with Crippen LogP contribution in [0.5, 0.6) is 0 Å². The molecular formula is C20H23N7. The van der Waals surface area contributed by atoms with E-state index in [-0.39, 0.29) is 5.41 Å². The zero-order valence-corrected chi connectivity index (χ0v) is 15.8. The highest BCUT2D eigenvalue weighted by Gasteiger charge is 2.21. The molecule has 0 saturated heterocycles. The molecular weight excluding hydrogens is 338 g/mol. The van der Waals surface area contributed by atoms with Crippen LogP contribution in [0.15, 0.2) is 54.9 Å². The standard InChI is InChI=1S/C20H23N7/c1-20(2,3)19-24-23-18-10-9-17(25-27(18)19)21-12-11-15-13-22-26(14-15)16-7-5-4-6-8-16/h4-10,13-14H,11-12H2,1-3H3,(H,21,25). The van der Waals surface area contributed by atoms with E-state index in [2.05, 4.69) is 52.7 Å². The second-order valence-electron chi connectivity index (χ2n) is 7.57. The van der Waals surface area contributed by atoms with Gasteiger partial charge in [-0.05, 0) is 36.2 Å². The van der Waals surface area contributed by atoms with E-state index in [9.17, 15) is 0 Å². The summed E-state index contributed by atoms with van der Waals surface area (Å²) < 4.78 is 3.71. The number of aromatic nitrogens is 6. The Labute approximate surface area is 158 Å². The summed E-state index contributed by atoms with van der Waals surface area (Å²) in [5.41, 5.74) is 2.88. The maximum absolute atomic E-state index is 4.65. The van der Waals surface area contributed by atoms with Crippen LogP contribution in [0.1, 0.15) is 32.2 Å². The first-order valence-electron chi connectivity index (χ1n) is 9.06. The molecule has 0 aliphatic heterocycles. The molecule has 7 heteroatoms. The summed E-state index contributed by atoms with van der Waals surface area (Å²) in [6.45, 7) is 7.09. The second kappa shape index (κ2) is 6.83. The molecule has 4 rings (SSSR count). The molecule has 0 fully saturated rings. The van der Waals surface area contributed by atoms with E-state index < -0.39 is 0 Å². The Morgan fingerprint density at radius 1 is 1.00 bits per heavy atom. The number of nitrogens with zero attached hydrogens (tertiary/aromatic N) is 6. The summed E-state index contributed by atoms with van der Waals surface area (Å²) in [6, 6.07) is 14.0. The fourth-order valence-electron chi connectivity index (χ4n) is 2.90. The number of hydrogen-bond donors (Lipinski definition) is 1. The lowest BCUT2D eigenvalue weighted by Gasteiger charge is -2.15. The highest BCUT2D eigenvalue weighted by Crippen LogP contribution is 2.20. The van der Waals surface area contributed by atoms with Crippen LogP contribution in [0.25, 0.3) is 11.3 Å². The first-order valence-corrected chi connectivity index (χ1v) is 9.06. The number of rotatable bonds is 5. The van der Waals surface area contributed by atoms with Gasteiger partial charge in [-0.2, -0.15) is 9.61 Å². The van der Waals surface area contributed by atoms with Gasteiger partial charge in [0.15, 0.2) is 11.5 Å². The van der Waals surface area contributed by atoms with Gasteiger partial charge >= 0.3 is 0 Å². The molecule has 0 unspecified atom stereocenters. The lowest BCUT2D eigenvalue weighted by Crippen LogP contribution is -2.18. The molecule has 0 aliphatic rings. The molecule has 0 spiro atoms. The van der Waals surface area contributed by atoms with E-state index in [1.54, 1.807) is 0 Å². The minimum atomic E-state index is -0.114. The van der Waals surface area contributed by atoms with E-state index in [4.69, 9.17) is 0 Å². The monoisotopic (exact) mass is 361 g/mol. The summed E-state index contributed by atoms with van der Waals surface area (Å²) in [5.74, 6) is 1.66. The van der Waals surface area contributed by atoms with Crippen LogP contribution in [0.2, 0.25) is 0 Å². The molecule has 0 radical (unpaired) electrons. The maximum atomic E-state index is 4.65. The van der Waals surface area contributed by atoms with Crippen LogP contribution in [0.4, 0.5) is 5.82 Å². The first kappa shape index (κ1) is 17.2. The molecule has 0 bridgehead atoms. The molecule has 0 saturated carbocycles. The zero-order chi connectivity index (χ0) is 18.9. The van der Waals surface area contributed by atoms with Crippen LogP contribution in [0, 0.1) is 0 Å². The highest BCUT2D eigenvalue weighted by atomic mass is 15.4. The number of fused-ring (bicyclic) bond motifs is 1. The van der Waals surface area contributed by atoms with Gasteiger partial charge in [-0.3, -0.25) is 0 Å². The predicted molar refractivity (Wildman–Crippen MR) is 105 cm³/mol. The fourth-order valence-corrected chi connectivity index (χ4v) is 2.90. The van der Waals surface area contributed by atoms with Gasteiger partial charge in [0.2, 0.25) is 0 Å². The topological polar surface area (TPSA) is 72.9 Å². The smallest absolute Gasteiger partial charge is 0.178 e. The van der Waals surface area contributed by atoms with Crippen LogP contribution in [-0.2, 0) is 11.8 Å². The van der Waals surface area contributed by atoms with Crippen molar-refractivity contribution in [2.45, 2.75) is 32.6 Å². The van der Waals surface area contributed by atoms with Crippen molar-refractivity contribution >= 4 is 11.5 Å². The number of nitrogens with one attached hydrogen (secondary N) is 1. The summed E-state index contributed by atoms with van der Waals surface area (Å²) in [5, 5.41) is 20.9. The van der Waals surface area contributed by atoms with Crippen LogP contribution < -0.4 is 5.32 Å². The Kier molecular flexibility index (Phi) is 4.35. The molecule has 0 amide bonds. The van der Waals surface area contributed by atoms with Gasteiger partial charge in [-0.1, -0.05) is 39.0 Å². The van der Waals surface area contributed by atoms with Crippen molar-refractivity contribution in [3.63, 3.8) is 0 Å². The number of benzene rings is 1. The lowest BCUT2D eigenvalue weighted by atomic mass is 9.96. The fraction of sp³-hybridized carbons (Fsp3) is 0.300. The lowest BCUT2D eigenvalue weighted by molar-refractivity contribution is 0.527. The summed E-state index contributed by atoms with van der Waals surface area (Å²) in [7, 11) is 0. The van der Waals surface area contributed by atoms with Gasteiger partial charge in [0.05, 0.1) is 11.9 Å². The van der Waals surface area contributed by atoms with Gasteiger partial charge < -0.3 is 5.32 Å². The van der Waals surface area contributed by atoms with Crippen LogP contribution in [0.3, 0.4) is 0 Å². The van der Waals surface area contributed by atoms with E-state index >= 15 is 0 Å². The van der Waals surface area contributed by atoms with Gasteiger partial charge in [0.1, 0.15) is 5.82 Å². The summed E-state index contributed by atoms with van der Waals surface area (Å²) >= 11 is 0. The molecule has 7 nitrogen and oxygen atoms in total. The van der Waals surface area contributed by atoms with Gasteiger partial charge in [-0.25, -0.2) is 4.68 Å². The SMILES string of the molecule is CC(C)(C)c1nnc2ccc(NCCc3cnn(-c4ccccc4)c3)nn12. The molecule has 4 aromatic rings. The predicted octanol–water partition coefficient (Wildman–Crippen LogP) is 3.26. The molecule has 0 aliphatic carbocycles. The third-order valence-corrected chi connectivity index (χ3v) is 4.31.